The minimum Gasteiger partial charge on any atom is -0.352 e. The number of amidine groups is 1. The molecule has 1 unspecified atom stereocenters. The van der Waals surface area contributed by atoms with Crippen molar-refractivity contribution in [2.45, 2.75) is 12.2 Å². The molecule has 1 saturated heterocycles. The molecule has 0 spiro atoms. The zero-order valence-corrected chi connectivity index (χ0v) is 12.7. The number of aromatic nitrogens is 4. The average Bonchev–Trinajstić information content (AvgIpc) is 3.15. The first kappa shape index (κ1) is 12.9. The number of aromatic amines is 1. The fourth-order valence-corrected chi connectivity index (χ4v) is 3.74. The Bertz CT molecular complexity index is 674. The van der Waals surface area contributed by atoms with Crippen LogP contribution in [0.1, 0.15) is 6.92 Å². The molecule has 4 rings (SSSR count). The third-order valence-corrected chi connectivity index (χ3v) is 5.02. The van der Waals surface area contributed by atoms with Crippen molar-refractivity contribution in [1.82, 2.24) is 25.1 Å². The highest BCUT2D eigenvalue weighted by Crippen LogP contribution is 2.26. The van der Waals surface area contributed by atoms with Gasteiger partial charge in [0.15, 0.2) is 10.8 Å². The fraction of sp³-hybridized carbons (Fsp3) is 0.538. The lowest BCUT2D eigenvalue weighted by molar-refractivity contribution is 0.391. The maximum absolute atomic E-state index is 4.63. The van der Waals surface area contributed by atoms with Gasteiger partial charge in [-0.05, 0) is 0 Å². The smallest absolute Gasteiger partial charge is 0.160 e. The van der Waals surface area contributed by atoms with E-state index in [1.165, 1.54) is 5.17 Å². The van der Waals surface area contributed by atoms with E-state index in [1.54, 1.807) is 12.5 Å². The molecule has 2 aromatic heterocycles. The predicted octanol–water partition coefficient (Wildman–Crippen LogP) is 0.966. The lowest BCUT2D eigenvalue weighted by atomic mass is 10.3. The Kier molecular flexibility index (Phi) is 3.17. The van der Waals surface area contributed by atoms with Crippen molar-refractivity contribution in [2.75, 3.05) is 37.6 Å². The summed E-state index contributed by atoms with van der Waals surface area (Å²) >= 11 is 1.89. The quantitative estimate of drug-likeness (QED) is 0.846. The Hall–Kier alpha value is -1.83. The minimum atomic E-state index is 0.616. The van der Waals surface area contributed by atoms with Gasteiger partial charge in [-0.3, -0.25) is 10.1 Å². The van der Waals surface area contributed by atoms with Gasteiger partial charge in [-0.1, -0.05) is 18.7 Å². The summed E-state index contributed by atoms with van der Waals surface area (Å²) in [6.07, 6.45) is 3.40. The van der Waals surface area contributed by atoms with Gasteiger partial charge in [0.1, 0.15) is 12.1 Å². The Balaban J connectivity index is 1.49. The van der Waals surface area contributed by atoms with Crippen LogP contribution in [0.4, 0.5) is 5.82 Å². The van der Waals surface area contributed by atoms with Crippen molar-refractivity contribution in [3.8, 4) is 0 Å². The van der Waals surface area contributed by atoms with Gasteiger partial charge in [-0.2, -0.15) is 5.10 Å². The van der Waals surface area contributed by atoms with Gasteiger partial charge in [0.2, 0.25) is 0 Å². The topological polar surface area (TPSA) is 73.3 Å². The van der Waals surface area contributed by atoms with Crippen LogP contribution < -0.4 is 4.90 Å². The number of nitrogens with one attached hydrogen (secondary N) is 1. The van der Waals surface area contributed by atoms with E-state index in [-0.39, 0.29) is 0 Å². The van der Waals surface area contributed by atoms with Crippen molar-refractivity contribution in [3.05, 3.63) is 12.5 Å². The fourth-order valence-electron chi connectivity index (χ4n) is 2.75. The second-order valence-electron chi connectivity index (χ2n) is 5.36. The number of H-pyrrole nitrogens is 1. The number of hydrogen-bond donors (Lipinski definition) is 1. The predicted molar refractivity (Wildman–Crippen MR) is 84.8 cm³/mol. The third kappa shape index (κ3) is 2.33. The summed E-state index contributed by atoms with van der Waals surface area (Å²) in [6.45, 7) is 7.05. The molecule has 0 radical (unpaired) electrons. The lowest BCUT2D eigenvalue weighted by Crippen LogP contribution is -2.48. The van der Waals surface area contributed by atoms with Crippen LogP contribution in [0.25, 0.3) is 11.0 Å². The van der Waals surface area contributed by atoms with Crippen LogP contribution >= 0.6 is 11.8 Å². The first-order valence-corrected chi connectivity index (χ1v) is 8.04. The van der Waals surface area contributed by atoms with Crippen molar-refractivity contribution in [2.24, 2.45) is 4.99 Å². The SMILES string of the molecule is CC1CN=C(N2CCN(c3ncnc4[nH]ncc34)CC2)S1. The van der Waals surface area contributed by atoms with Crippen LogP contribution in [0.5, 0.6) is 0 Å². The third-order valence-electron chi connectivity index (χ3n) is 3.87. The van der Waals surface area contributed by atoms with Crippen LogP contribution in [-0.2, 0) is 0 Å². The molecule has 0 amide bonds. The molecule has 0 saturated carbocycles. The molecule has 1 atom stereocenters. The number of fused-ring (bicyclic) bond motifs is 1. The Morgan fingerprint density at radius 1 is 1.19 bits per heavy atom. The molecular weight excluding hydrogens is 286 g/mol. The van der Waals surface area contributed by atoms with Crippen molar-refractivity contribution in [3.63, 3.8) is 0 Å². The van der Waals surface area contributed by atoms with E-state index in [1.807, 2.05) is 11.8 Å². The lowest BCUT2D eigenvalue weighted by Gasteiger charge is -2.36. The summed E-state index contributed by atoms with van der Waals surface area (Å²) in [5.74, 6) is 0.975. The summed E-state index contributed by atoms with van der Waals surface area (Å²) in [5.41, 5.74) is 0.798. The molecule has 7 nitrogen and oxygen atoms in total. The molecule has 2 aliphatic heterocycles. The first-order chi connectivity index (χ1) is 10.3. The number of piperazine rings is 1. The molecule has 2 aliphatic rings. The van der Waals surface area contributed by atoms with Crippen LogP contribution in [0.3, 0.4) is 0 Å². The molecule has 0 aliphatic carbocycles. The number of aliphatic imine (C=N–C) groups is 1. The van der Waals surface area contributed by atoms with Crippen LogP contribution in [0.15, 0.2) is 17.5 Å². The molecular formula is C13H17N7S. The second kappa shape index (κ2) is 5.18. The maximum Gasteiger partial charge on any atom is 0.160 e. The van der Waals surface area contributed by atoms with Crippen molar-refractivity contribution in [1.29, 1.82) is 0 Å². The van der Waals surface area contributed by atoms with Crippen LogP contribution in [0, 0.1) is 0 Å². The van der Waals surface area contributed by atoms with E-state index in [2.05, 4.69) is 41.9 Å². The summed E-state index contributed by atoms with van der Waals surface area (Å²) in [6, 6.07) is 0. The standard InChI is InChI=1S/C13H17N7S/c1-9-6-14-13(21-9)20-4-2-19(3-5-20)12-10-7-17-18-11(10)15-8-16-12/h7-9H,2-6H2,1H3,(H,15,16,17,18). The average molecular weight is 303 g/mol. The molecule has 1 fully saturated rings. The zero-order chi connectivity index (χ0) is 14.2. The minimum absolute atomic E-state index is 0.616. The van der Waals surface area contributed by atoms with E-state index in [4.69, 9.17) is 0 Å². The van der Waals surface area contributed by atoms with Crippen molar-refractivity contribution < 1.29 is 0 Å². The number of rotatable bonds is 1. The Morgan fingerprint density at radius 2 is 2.00 bits per heavy atom. The molecule has 2 aromatic rings. The summed E-state index contributed by atoms with van der Waals surface area (Å²) in [5, 5.41) is 9.77. The van der Waals surface area contributed by atoms with Crippen LogP contribution in [0.2, 0.25) is 0 Å². The highest BCUT2D eigenvalue weighted by atomic mass is 32.2. The van der Waals surface area contributed by atoms with E-state index in [9.17, 15) is 0 Å². The van der Waals surface area contributed by atoms with Gasteiger partial charge in [0.25, 0.3) is 0 Å². The van der Waals surface area contributed by atoms with E-state index in [0.29, 0.717) is 5.25 Å². The summed E-state index contributed by atoms with van der Waals surface area (Å²) in [7, 11) is 0. The molecule has 0 aromatic carbocycles. The molecule has 21 heavy (non-hydrogen) atoms. The van der Waals surface area contributed by atoms with E-state index in [0.717, 1.165) is 49.6 Å². The first-order valence-electron chi connectivity index (χ1n) is 7.16. The Labute approximate surface area is 126 Å². The summed E-state index contributed by atoms with van der Waals surface area (Å²) in [4.78, 5) is 18.0. The number of thioether (sulfide) groups is 1. The molecule has 0 bridgehead atoms. The number of nitrogens with zero attached hydrogens (tertiary/aromatic N) is 6. The van der Waals surface area contributed by atoms with Gasteiger partial charge < -0.3 is 9.80 Å². The van der Waals surface area contributed by atoms with Crippen LogP contribution in [-0.4, -0.2) is 68.2 Å². The largest absolute Gasteiger partial charge is 0.352 e. The van der Waals surface area contributed by atoms with E-state index >= 15 is 0 Å². The van der Waals surface area contributed by atoms with E-state index < -0.39 is 0 Å². The summed E-state index contributed by atoms with van der Waals surface area (Å²) < 4.78 is 0. The number of hydrogen-bond acceptors (Lipinski definition) is 7. The van der Waals surface area contributed by atoms with Gasteiger partial charge in [0.05, 0.1) is 18.1 Å². The molecule has 8 heteroatoms. The molecule has 110 valence electrons. The van der Waals surface area contributed by atoms with Gasteiger partial charge in [0, 0.05) is 31.4 Å². The highest BCUT2D eigenvalue weighted by molar-refractivity contribution is 8.14. The van der Waals surface area contributed by atoms with Gasteiger partial charge in [-0.25, -0.2) is 9.97 Å². The molecule has 4 heterocycles. The normalized spacial score (nSPS) is 22.9. The van der Waals surface area contributed by atoms with Crippen molar-refractivity contribution >= 4 is 33.8 Å². The number of anilines is 1. The monoisotopic (exact) mass is 303 g/mol. The van der Waals surface area contributed by atoms with Gasteiger partial charge in [-0.15, -0.1) is 0 Å². The highest BCUT2D eigenvalue weighted by Gasteiger charge is 2.26. The maximum atomic E-state index is 4.63. The second-order valence-corrected chi connectivity index (χ2v) is 6.76. The Morgan fingerprint density at radius 3 is 2.76 bits per heavy atom. The molecule has 1 N–H and O–H groups in total. The van der Waals surface area contributed by atoms with Gasteiger partial charge >= 0.3 is 0 Å². The zero-order valence-electron chi connectivity index (χ0n) is 11.9.